The fourth-order valence-electron chi connectivity index (χ4n) is 4.34. The van der Waals surface area contributed by atoms with Gasteiger partial charge in [0.25, 0.3) is 0 Å². The Balaban J connectivity index is 1.59. The first kappa shape index (κ1) is 17.7. The van der Waals surface area contributed by atoms with Crippen LogP contribution in [0.15, 0.2) is 48.5 Å². The van der Waals surface area contributed by atoms with Crippen LogP contribution in [0, 0.1) is 0 Å². The van der Waals surface area contributed by atoms with Crippen LogP contribution in [-0.4, -0.2) is 35.3 Å². The Morgan fingerprint density at radius 3 is 2.44 bits per heavy atom. The number of aryl methyl sites for hydroxylation is 1. The molecule has 0 spiro atoms. The molecule has 5 heteroatoms. The predicted molar refractivity (Wildman–Crippen MR) is 105 cm³/mol. The average molecular weight is 363 g/mol. The summed E-state index contributed by atoms with van der Waals surface area (Å²) in [7, 11) is 0. The first-order chi connectivity index (χ1) is 13.0. The van der Waals surface area contributed by atoms with Crippen LogP contribution in [0.2, 0.25) is 0 Å². The molecular formula is C22H25N3O2. The minimum absolute atomic E-state index is 0.0280. The number of hydrogen-bond acceptors (Lipinski definition) is 3. The van der Waals surface area contributed by atoms with Crippen molar-refractivity contribution in [3.05, 3.63) is 65.2 Å². The van der Waals surface area contributed by atoms with Gasteiger partial charge in [0.05, 0.1) is 12.6 Å². The first-order valence-electron chi connectivity index (χ1n) is 9.54. The van der Waals surface area contributed by atoms with Crippen molar-refractivity contribution in [3.8, 4) is 0 Å². The molecule has 27 heavy (non-hydrogen) atoms. The highest BCUT2D eigenvalue weighted by molar-refractivity contribution is 5.97. The highest BCUT2D eigenvalue weighted by atomic mass is 16.2. The van der Waals surface area contributed by atoms with Crippen molar-refractivity contribution < 1.29 is 9.59 Å². The highest BCUT2D eigenvalue weighted by Crippen LogP contribution is 2.31. The van der Waals surface area contributed by atoms with E-state index in [1.54, 1.807) is 0 Å². The normalized spacial score (nSPS) is 22.0. The molecule has 2 aromatic carbocycles. The van der Waals surface area contributed by atoms with Gasteiger partial charge < -0.3 is 10.6 Å². The fraction of sp³-hybridized carbons (Fsp3) is 0.364. The second-order valence-electron chi connectivity index (χ2n) is 7.58. The van der Waals surface area contributed by atoms with Gasteiger partial charge in [0.2, 0.25) is 11.8 Å². The van der Waals surface area contributed by atoms with E-state index in [0.29, 0.717) is 13.0 Å². The van der Waals surface area contributed by atoms with E-state index < -0.39 is 6.04 Å². The van der Waals surface area contributed by atoms with Crippen molar-refractivity contribution in [1.29, 1.82) is 0 Å². The van der Waals surface area contributed by atoms with E-state index in [9.17, 15) is 9.59 Å². The van der Waals surface area contributed by atoms with Crippen molar-refractivity contribution in [3.63, 3.8) is 0 Å². The molecule has 0 saturated heterocycles. The lowest BCUT2D eigenvalue weighted by Crippen LogP contribution is -2.54. The number of hydrogen-bond donors (Lipinski definition) is 1. The molecule has 5 nitrogen and oxygen atoms in total. The number of nitrogens with zero attached hydrogens (tertiary/aromatic N) is 2. The molecule has 0 fully saturated rings. The van der Waals surface area contributed by atoms with Crippen LogP contribution in [0.4, 0.5) is 5.69 Å². The maximum atomic E-state index is 13.3. The molecular weight excluding hydrogens is 338 g/mol. The lowest BCUT2D eigenvalue weighted by Gasteiger charge is -2.39. The largest absolute Gasteiger partial charge is 0.368 e. The molecule has 2 aliphatic rings. The number of primary amides is 1. The Kier molecular flexibility index (Phi) is 4.70. The average Bonchev–Trinajstić information content (AvgIpc) is 2.67. The number of carbonyl (C=O) groups is 2. The van der Waals surface area contributed by atoms with Gasteiger partial charge in [-0.05, 0) is 48.9 Å². The number of nitrogens with two attached hydrogens (primary N) is 1. The maximum Gasteiger partial charge on any atom is 0.241 e. The summed E-state index contributed by atoms with van der Waals surface area (Å²) in [5, 5.41) is 0. The second-order valence-corrected chi connectivity index (χ2v) is 7.58. The molecule has 140 valence electrons. The molecule has 0 aliphatic carbocycles. The molecule has 0 bridgehead atoms. The van der Waals surface area contributed by atoms with E-state index in [0.717, 1.165) is 29.7 Å². The number of benzene rings is 2. The molecule has 2 N–H and O–H groups in total. The smallest absolute Gasteiger partial charge is 0.241 e. The Bertz CT molecular complexity index is 879. The molecule has 0 radical (unpaired) electrons. The van der Waals surface area contributed by atoms with Gasteiger partial charge in [-0.2, -0.15) is 0 Å². The van der Waals surface area contributed by atoms with Gasteiger partial charge in [0.1, 0.15) is 0 Å². The monoisotopic (exact) mass is 363 g/mol. The summed E-state index contributed by atoms with van der Waals surface area (Å²) in [5.74, 6) is -0.343. The van der Waals surface area contributed by atoms with Crippen LogP contribution in [0.25, 0.3) is 0 Å². The molecule has 2 aromatic rings. The number of para-hydroxylation sites is 1. The summed E-state index contributed by atoms with van der Waals surface area (Å²) in [6, 6.07) is 15.9. The lowest BCUT2D eigenvalue weighted by atomic mass is 9.93. The summed E-state index contributed by atoms with van der Waals surface area (Å²) < 4.78 is 0. The van der Waals surface area contributed by atoms with Gasteiger partial charge in [-0.1, -0.05) is 42.5 Å². The quantitative estimate of drug-likeness (QED) is 0.910. The van der Waals surface area contributed by atoms with Gasteiger partial charge in [0, 0.05) is 18.3 Å². The third kappa shape index (κ3) is 3.35. The molecule has 0 saturated carbocycles. The first-order valence-corrected chi connectivity index (χ1v) is 9.54. The molecule has 2 aliphatic heterocycles. The minimum atomic E-state index is -0.445. The van der Waals surface area contributed by atoms with Crippen LogP contribution >= 0.6 is 0 Å². The van der Waals surface area contributed by atoms with Gasteiger partial charge in [-0.15, -0.1) is 0 Å². The van der Waals surface area contributed by atoms with E-state index in [1.807, 2.05) is 46.2 Å². The maximum absolute atomic E-state index is 13.3. The fourth-order valence-corrected chi connectivity index (χ4v) is 4.34. The second kappa shape index (κ2) is 7.16. The van der Waals surface area contributed by atoms with Crippen LogP contribution in [-0.2, 0) is 29.0 Å². The van der Waals surface area contributed by atoms with E-state index >= 15 is 0 Å². The third-order valence-electron chi connectivity index (χ3n) is 5.80. The summed E-state index contributed by atoms with van der Waals surface area (Å²) in [4.78, 5) is 29.1. The Morgan fingerprint density at radius 2 is 1.70 bits per heavy atom. The van der Waals surface area contributed by atoms with Crippen molar-refractivity contribution in [2.24, 2.45) is 5.73 Å². The Morgan fingerprint density at radius 1 is 1.04 bits per heavy atom. The molecule has 0 aromatic heterocycles. The molecule has 0 unspecified atom stereocenters. The van der Waals surface area contributed by atoms with Crippen LogP contribution < -0.4 is 10.6 Å². The molecule has 2 amide bonds. The number of anilines is 1. The van der Waals surface area contributed by atoms with E-state index in [2.05, 4.69) is 19.1 Å². The van der Waals surface area contributed by atoms with Gasteiger partial charge in [0.15, 0.2) is 0 Å². The molecule has 2 atom stereocenters. The number of amides is 2. The van der Waals surface area contributed by atoms with Crippen molar-refractivity contribution in [1.82, 2.24) is 4.90 Å². The predicted octanol–water partition coefficient (Wildman–Crippen LogP) is 2.27. The SMILES string of the molecule is C[C@@H]1CCc2ccccc2N1C(=O)CN1Cc2ccccc2C[C@@H]1C(N)=O. The Labute approximate surface area is 159 Å². The van der Waals surface area contributed by atoms with Crippen molar-refractivity contribution in [2.75, 3.05) is 11.4 Å². The van der Waals surface area contributed by atoms with Gasteiger partial charge in [-0.3, -0.25) is 14.5 Å². The summed E-state index contributed by atoms with van der Waals surface area (Å²) >= 11 is 0. The lowest BCUT2D eigenvalue weighted by molar-refractivity contribution is -0.126. The third-order valence-corrected chi connectivity index (χ3v) is 5.80. The zero-order valence-electron chi connectivity index (χ0n) is 15.6. The number of fused-ring (bicyclic) bond motifs is 2. The van der Waals surface area contributed by atoms with Gasteiger partial charge >= 0.3 is 0 Å². The van der Waals surface area contributed by atoms with Crippen LogP contribution in [0.1, 0.15) is 30.0 Å². The van der Waals surface area contributed by atoms with E-state index in [1.165, 1.54) is 5.56 Å². The van der Waals surface area contributed by atoms with E-state index in [-0.39, 0.29) is 24.4 Å². The molecule has 2 heterocycles. The van der Waals surface area contributed by atoms with Crippen LogP contribution in [0.3, 0.4) is 0 Å². The standard InChI is InChI=1S/C22H25N3O2/c1-15-10-11-16-6-4-5-9-19(16)25(15)21(26)14-24-13-18-8-3-2-7-17(18)12-20(24)22(23)27/h2-9,15,20H,10-14H2,1H3,(H2,23,27)/t15-,20-/m1/s1. The number of carbonyl (C=O) groups excluding carboxylic acids is 2. The zero-order chi connectivity index (χ0) is 19.0. The van der Waals surface area contributed by atoms with E-state index in [4.69, 9.17) is 5.73 Å². The summed E-state index contributed by atoms with van der Waals surface area (Å²) in [5.41, 5.74) is 10.2. The van der Waals surface area contributed by atoms with Gasteiger partial charge in [-0.25, -0.2) is 0 Å². The van der Waals surface area contributed by atoms with Crippen molar-refractivity contribution in [2.45, 2.75) is 44.8 Å². The van der Waals surface area contributed by atoms with Crippen molar-refractivity contribution >= 4 is 17.5 Å². The highest BCUT2D eigenvalue weighted by Gasteiger charge is 2.34. The Hall–Kier alpha value is -2.66. The minimum Gasteiger partial charge on any atom is -0.368 e. The summed E-state index contributed by atoms with van der Waals surface area (Å²) in [6.07, 6.45) is 2.50. The zero-order valence-corrected chi connectivity index (χ0v) is 15.6. The summed E-state index contributed by atoms with van der Waals surface area (Å²) in [6.45, 7) is 2.85. The number of rotatable bonds is 3. The molecule has 4 rings (SSSR count). The van der Waals surface area contributed by atoms with Crippen LogP contribution in [0.5, 0.6) is 0 Å². The topological polar surface area (TPSA) is 66.6 Å².